The smallest absolute Gasteiger partial charge is 0.153 e. The second-order valence-electron chi connectivity index (χ2n) is 8.10. The summed E-state index contributed by atoms with van der Waals surface area (Å²) < 4.78 is 4.30. The van der Waals surface area contributed by atoms with Gasteiger partial charge in [-0.15, -0.1) is 10.2 Å². The van der Waals surface area contributed by atoms with E-state index in [4.69, 9.17) is 5.10 Å². The van der Waals surface area contributed by atoms with Crippen molar-refractivity contribution < 1.29 is 0 Å². The molecule has 152 valence electrons. The Morgan fingerprint density at radius 2 is 1.97 bits per heavy atom. The van der Waals surface area contributed by atoms with Crippen molar-refractivity contribution in [2.24, 2.45) is 0 Å². The standard InChI is InChI=1S/C21H28N8/c1-15-18(16(2)29(26-15)19-5-3-4-8-23-19)14-27-10-6-17(7-11-27)21-25-24-20-13-22-9-12-28(20)21/h3-5,8,17,22H,6-7,9-14H2,1-2H3. The summed E-state index contributed by atoms with van der Waals surface area (Å²) in [6.45, 7) is 10.2. The Morgan fingerprint density at radius 1 is 1.10 bits per heavy atom. The Labute approximate surface area is 171 Å². The molecule has 0 radical (unpaired) electrons. The lowest BCUT2D eigenvalue weighted by molar-refractivity contribution is 0.199. The predicted octanol–water partition coefficient (Wildman–Crippen LogP) is 1.96. The van der Waals surface area contributed by atoms with E-state index in [-0.39, 0.29) is 0 Å². The van der Waals surface area contributed by atoms with Crippen LogP contribution in [0.1, 0.15) is 47.4 Å². The molecule has 2 aliphatic heterocycles. The van der Waals surface area contributed by atoms with Gasteiger partial charge < -0.3 is 9.88 Å². The second-order valence-corrected chi connectivity index (χ2v) is 8.10. The largest absolute Gasteiger partial charge is 0.312 e. The van der Waals surface area contributed by atoms with Crippen molar-refractivity contribution in [1.29, 1.82) is 0 Å². The van der Waals surface area contributed by atoms with Gasteiger partial charge >= 0.3 is 0 Å². The number of aryl methyl sites for hydroxylation is 1. The predicted molar refractivity (Wildman–Crippen MR) is 110 cm³/mol. The highest BCUT2D eigenvalue weighted by molar-refractivity contribution is 5.32. The fourth-order valence-electron chi connectivity index (χ4n) is 4.60. The molecular formula is C21H28N8. The molecule has 0 aromatic carbocycles. The van der Waals surface area contributed by atoms with Gasteiger partial charge in [0.05, 0.1) is 12.2 Å². The van der Waals surface area contributed by atoms with E-state index in [9.17, 15) is 0 Å². The fourth-order valence-corrected chi connectivity index (χ4v) is 4.60. The number of aromatic nitrogens is 6. The molecule has 0 bridgehead atoms. The van der Waals surface area contributed by atoms with Crippen LogP contribution in [0.25, 0.3) is 5.82 Å². The number of pyridine rings is 1. The molecule has 0 aliphatic carbocycles. The molecule has 0 saturated carbocycles. The van der Waals surface area contributed by atoms with Crippen LogP contribution in [0.4, 0.5) is 0 Å². The number of hydrogen-bond donors (Lipinski definition) is 1. The first kappa shape index (κ1) is 18.4. The van der Waals surface area contributed by atoms with Crippen molar-refractivity contribution in [3.05, 3.63) is 53.0 Å². The summed E-state index contributed by atoms with van der Waals surface area (Å²) in [6, 6.07) is 5.94. The molecule has 5 heterocycles. The molecule has 1 saturated heterocycles. The maximum Gasteiger partial charge on any atom is 0.153 e. The van der Waals surface area contributed by atoms with Gasteiger partial charge in [-0.1, -0.05) is 6.07 Å². The maximum absolute atomic E-state index is 4.75. The van der Waals surface area contributed by atoms with Gasteiger partial charge in [0, 0.05) is 43.0 Å². The molecule has 5 rings (SSSR count). The molecule has 2 aliphatic rings. The van der Waals surface area contributed by atoms with Gasteiger partial charge in [-0.05, 0) is 51.9 Å². The topological polar surface area (TPSA) is 76.7 Å². The summed E-state index contributed by atoms with van der Waals surface area (Å²) in [5, 5.41) is 17.0. The number of rotatable bonds is 4. The number of fused-ring (bicyclic) bond motifs is 1. The molecule has 8 heteroatoms. The lowest BCUT2D eigenvalue weighted by Crippen LogP contribution is -2.35. The van der Waals surface area contributed by atoms with Crippen LogP contribution < -0.4 is 5.32 Å². The first-order chi connectivity index (χ1) is 14.2. The molecule has 3 aromatic heterocycles. The molecule has 0 spiro atoms. The second kappa shape index (κ2) is 7.68. The summed E-state index contributed by atoms with van der Waals surface area (Å²) in [5.74, 6) is 3.67. The van der Waals surface area contributed by atoms with E-state index < -0.39 is 0 Å². The molecular weight excluding hydrogens is 364 g/mol. The number of nitrogens with zero attached hydrogens (tertiary/aromatic N) is 7. The molecule has 1 fully saturated rings. The van der Waals surface area contributed by atoms with Crippen LogP contribution in [0, 0.1) is 13.8 Å². The first-order valence-electron chi connectivity index (χ1n) is 10.5. The van der Waals surface area contributed by atoms with Gasteiger partial charge in [0.1, 0.15) is 11.6 Å². The van der Waals surface area contributed by atoms with Crippen LogP contribution in [-0.2, 0) is 19.6 Å². The number of likely N-dealkylation sites (tertiary alicyclic amines) is 1. The minimum Gasteiger partial charge on any atom is -0.312 e. The van der Waals surface area contributed by atoms with Crippen molar-refractivity contribution in [2.75, 3.05) is 19.6 Å². The van der Waals surface area contributed by atoms with E-state index in [2.05, 4.69) is 43.8 Å². The lowest BCUT2D eigenvalue weighted by atomic mass is 9.95. The Kier molecular flexibility index (Phi) is 4.89. The normalized spacial score (nSPS) is 18.1. The van der Waals surface area contributed by atoms with E-state index >= 15 is 0 Å². The van der Waals surface area contributed by atoms with Crippen LogP contribution in [-0.4, -0.2) is 54.1 Å². The summed E-state index contributed by atoms with van der Waals surface area (Å²) >= 11 is 0. The zero-order chi connectivity index (χ0) is 19.8. The van der Waals surface area contributed by atoms with Crippen molar-refractivity contribution in [2.45, 2.75) is 52.2 Å². The van der Waals surface area contributed by atoms with Crippen LogP contribution in [0.3, 0.4) is 0 Å². The van der Waals surface area contributed by atoms with Crippen LogP contribution >= 0.6 is 0 Å². The zero-order valence-corrected chi connectivity index (χ0v) is 17.2. The minimum absolute atomic E-state index is 0.518. The zero-order valence-electron chi connectivity index (χ0n) is 17.2. The monoisotopic (exact) mass is 392 g/mol. The lowest BCUT2D eigenvalue weighted by Gasteiger charge is -2.32. The third-order valence-electron chi connectivity index (χ3n) is 6.29. The number of piperidine rings is 1. The maximum atomic E-state index is 4.75. The van der Waals surface area contributed by atoms with Gasteiger partial charge in [0.25, 0.3) is 0 Å². The van der Waals surface area contributed by atoms with E-state index in [1.807, 2.05) is 29.1 Å². The molecule has 0 atom stereocenters. The first-order valence-corrected chi connectivity index (χ1v) is 10.5. The minimum atomic E-state index is 0.518. The summed E-state index contributed by atoms with van der Waals surface area (Å²) in [4.78, 5) is 7.00. The Balaban J connectivity index is 1.27. The van der Waals surface area contributed by atoms with Crippen LogP contribution in [0.15, 0.2) is 24.4 Å². The molecule has 1 N–H and O–H groups in total. The van der Waals surface area contributed by atoms with E-state index in [1.54, 1.807) is 0 Å². The highest BCUT2D eigenvalue weighted by atomic mass is 15.3. The van der Waals surface area contributed by atoms with E-state index in [1.165, 1.54) is 17.1 Å². The Bertz CT molecular complexity index is 982. The Hall–Kier alpha value is -2.58. The van der Waals surface area contributed by atoms with Gasteiger partial charge in [0.15, 0.2) is 5.82 Å². The van der Waals surface area contributed by atoms with Gasteiger partial charge in [-0.2, -0.15) is 5.10 Å². The average Bonchev–Trinajstić information content (AvgIpc) is 3.31. The molecule has 0 amide bonds. The highest BCUT2D eigenvalue weighted by Crippen LogP contribution is 2.29. The van der Waals surface area contributed by atoms with Crippen molar-refractivity contribution >= 4 is 0 Å². The Morgan fingerprint density at radius 3 is 2.76 bits per heavy atom. The van der Waals surface area contributed by atoms with Crippen molar-refractivity contribution in [1.82, 2.24) is 39.7 Å². The number of nitrogens with one attached hydrogen (secondary N) is 1. The van der Waals surface area contributed by atoms with E-state index in [0.29, 0.717) is 5.92 Å². The summed E-state index contributed by atoms with van der Waals surface area (Å²) in [7, 11) is 0. The highest BCUT2D eigenvalue weighted by Gasteiger charge is 2.28. The number of hydrogen-bond acceptors (Lipinski definition) is 6. The molecule has 29 heavy (non-hydrogen) atoms. The third-order valence-corrected chi connectivity index (χ3v) is 6.29. The molecule has 8 nitrogen and oxygen atoms in total. The summed E-state index contributed by atoms with van der Waals surface area (Å²) in [6.07, 6.45) is 4.09. The quantitative estimate of drug-likeness (QED) is 0.731. The fraction of sp³-hybridized carbons (Fsp3) is 0.524. The van der Waals surface area contributed by atoms with Crippen LogP contribution in [0.5, 0.6) is 0 Å². The van der Waals surface area contributed by atoms with Gasteiger partial charge in [-0.3, -0.25) is 4.90 Å². The molecule has 0 unspecified atom stereocenters. The average molecular weight is 393 g/mol. The SMILES string of the molecule is Cc1nn(-c2ccccn2)c(C)c1CN1CCC(c2nnc3n2CCNC3)CC1. The van der Waals surface area contributed by atoms with Crippen molar-refractivity contribution in [3.8, 4) is 5.82 Å². The van der Waals surface area contributed by atoms with Crippen molar-refractivity contribution in [3.63, 3.8) is 0 Å². The van der Waals surface area contributed by atoms with Gasteiger partial charge in [0.2, 0.25) is 0 Å². The van der Waals surface area contributed by atoms with E-state index in [0.717, 1.165) is 69.4 Å². The van der Waals surface area contributed by atoms with Crippen LogP contribution in [0.2, 0.25) is 0 Å². The van der Waals surface area contributed by atoms with Gasteiger partial charge in [-0.25, -0.2) is 9.67 Å². The molecule has 3 aromatic rings. The third kappa shape index (κ3) is 3.47. The summed E-state index contributed by atoms with van der Waals surface area (Å²) in [5.41, 5.74) is 3.59.